The number of nitrogens with one attached hydrogen (secondary N) is 1. The van der Waals surface area contributed by atoms with Gasteiger partial charge in [-0.1, -0.05) is 34.4 Å². The highest BCUT2D eigenvalue weighted by Gasteiger charge is 2.14. The van der Waals surface area contributed by atoms with Gasteiger partial charge in [-0.15, -0.1) is 5.10 Å². The third kappa shape index (κ3) is 3.40. The highest BCUT2D eigenvalue weighted by Crippen LogP contribution is 2.22. The van der Waals surface area contributed by atoms with Gasteiger partial charge in [0.2, 0.25) is 5.89 Å². The third-order valence-electron chi connectivity index (χ3n) is 3.36. The van der Waals surface area contributed by atoms with Crippen molar-refractivity contribution < 1.29 is 9.21 Å². The van der Waals surface area contributed by atoms with Crippen molar-refractivity contribution >= 4 is 23.5 Å². The number of nitrogens with zero attached hydrogens (tertiary/aromatic N) is 2. The van der Waals surface area contributed by atoms with Crippen LogP contribution in [0.1, 0.15) is 21.5 Å². The maximum Gasteiger partial charge on any atom is 0.322 e. The number of halogens is 1. The Bertz CT molecular complexity index is 857. The van der Waals surface area contributed by atoms with E-state index in [4.69, 9.17) is 16.0 Å². The van der Waals surface area contributed by atoms with Crippen molar-refractivity contribution in [2.24, 2.45) is 0 Å². The molecule has 1 heterocycles. The van der Waals surface area contributed by atoms with Gasteiger partial charge in [0.15, 0.2) is 0 Å². The van der Waals surface area contributed by atoms with Crippen molar-refractivity contribution in [1.29, 1.82) is 0 Å². The van der Waals surface area contributed by atoms with Crippen LogP contribution in [0.5, 0.6) is 0 Å². The van der Waals surface area contributed by atoms with E-state index >= 15 is 0 Å². The van der Waals surface area contributed by atoms with E-state index in [1.807, 2.05) is 26.0 Å². The van der Waals surface area contributed by atoms with Gasteiger partial charge in [-0.3, -0.25) is 10.1 Å². The molecule has 0 aliphatic heterocycles. The molecule has 2 aromatic carbocycles. The minimum atomic E-state index is -0.284. The van der Waals surface area contributed by atoms with Gasteiger partial charge in [-0.25, -0.2) is 0 Å². The van der Waals surface area contributed by atoms with Crippen molar-refractivity contribution in [2.45, 2.75) is 13.8 Å². The van der Waals surface area contributed by atoms with Gasteiger partial charge in [0, 0.05) is 16.1 Å². The van der Waals surface area contributed by atoms with E-state index in [0.717, 1.165) is 16.7 Å². The summed E-state index contributed by atoms with van der Waals surface area (Å²) in [5.74, 6) is 0.0337. The van der Waals surface area contributed by atoms with Crippen LogP contribution in [0.2, 0.25) is 5.02 Å². The number of carbonyl (C=O) groups is 1. The quantitative estimate of drug-likeness (QED) is 0.780. The number of benzene rings is 2. The first-order valence-electron chi connectivity index (χ1n) is 7.01. The average molecular weight is 328 g/mol. The van der Waals surface area contributed by atoms with Gasteiger partial charge in [0.05, 0.1) is 0 Å². The molecule has 0 saturated carbocycles. The smallest absolute Gasteiger partial charge is 0.322 e. The monoisotopic (exact) mass is 327 g/mol. The van der Waals surface area contributed by atoms with Gasteiger partial charge in [-0.2, -0.15) is 0 Å². The normalized spacial score (nSPS) is 10.6. The Balaban J connectivity index is 1.78. The van der Waals surface area contributed by atoms with E-state index in [0.29, 0.717) is 16.5 Å². The summed E-state index contributed by atoms with van der Waals surface area (Å²) in [5.41, 5.74) is 3.29. The Hall–Kier alpha value is -2.66. The molecule has 0 atom stereocenters. The van der Waals surface area contributed by atoms with Crippen LogP contribution in [0.4, 0.5) is 6.01 Å². The first-order valence-corrected chi connectivity index (χ1v) is 7.39. The molecule has 0 spiro atoms. The SMILES string of the molecule is Cc1ccc(C(=O)Nc2nnc(-c3ccc(Cl)cc3)o2)c(C)c1. The van der Waals surface area contributed by atoms with Crippen molar-refractivity contribution in [3.8, 4) is 11.5 Å². The summed E-state index contributed by atoms with van der Waals surface area (Å²) in [6.07, 6.45) is 0. The predicted molar refractivity (Wildman–Crippen MR) is 88.6 cm³/mol. The number of anilines is 1. The van der Waals surface area contributed by atoms with Crippen LogP contribution in [-0.2, 0) is 0 Å². The van der Waals surface area contributed by atoms with E-state index in [2.05, 4.69) is 15.5 Å². The lowest BCUT2D eigenvalue weighted by molar-refractivity contribution is 0.102. The van der Waals surface area contributed by atoms with Crippen molar-refractivity contribution in [2.75, 3.05) is 5.32 Å². The largest absolute Gasteiger partial charge is 0.403 e. The van der Waals surface area contributed by atoms with Crippen molar-refractivity contribution in [3.63, 3.8) is 0 Å². The maximum absolute atomic E-state index is 12.3. The number of aryl methyl sites for hydroxylation is 2. The second kappa shape index (κ2) is 6.22. The van der Waals surface area contributed by atoms with Gasteiger partial charge in [0.1, 0.15) is 0 Å². The van der Waals surface area contributed by atoms with Crippen LogP contribution >= 0.6 is 11.6 Å². The molecule has 0 aliphatic carbocycles. The number of carbonyl (C=O) groups excluding carboxylic acids is 1. The summed E-state index contributed by atoms with van der Waals surface area (Å²) in [6, 6.07) is 12.7. The Morgan fingerprint density at radius 2 is 1.83 bits per heavy atom. The summed E-state index contributed by atoms with van der Waals surface area (Å²) in [6.45, 7) is 3.86. The van der Waals surface area contributed by atoms with Crippen LogP contribution in [0.25, 0.3) is 11.5 Å². The molecule has 0 aliphatic rings. The average Bonchev–Trinajstić information content (AvgIpc) is 2.96. The van der Waals surface area contributed by atoms with Crippen LogP contribution in [0.3, 0.4) is 0 Å². The Morgan fingerprint density at radius 1 is 1.09 bits per heavy atom. The lowest BCUT2D eigenvalue weighted by atomic mass is 10.1. The summed E-state index contributed by atoms with van der Waals surface area (Å²) in [5, 5.41) is 11.0. The summed E-state index contributed by atoms with van der Waals surface area (Å²) < 4.78 is 5.47. The zero-order valence-corrected chi connectivity index (χ0v) is 13.4. The van der Waals surface area contributed by atoms with Gasteiger partial charge < -0.3 is 4.42 Å². The molecule has 116 valence electrons. The van der Waals surface area contributed by atoms with Crippen LogP contribution < -0.4 is 5.32 Å². The molecule has 0 saturated heterocycles. The lowest BCUT2D eigenvalue weighted by Crippen LogP contribution is -2.13. The molecule has 0 radical (unpaired) electrons. The topological polar surface area (TPSA) is 68.0 Å². The maximum atomic E-state index is 12.3. The van der Waals surface area contributed by atoms with Gasteiger partial charge >= 0.3 is 6.01 Å². The summed E-state index contributed by atoms with van der Waals surface area (Å²) in [7, 11) is 0. The fraction of sp³-hybridized carbons (Fsp3) is 0.118. The van der Waals surface area contributed by atoms with Crippen molar-refractivity contribution in [1.82, 2.24) is 10.2 Å². The number of amides is 1. The Kier molecular flexibility index (Phi) is 4.12. The van der Waals surface area contributed by atoms with Crippen molar-refractivity contribution in [3.05, 3.63) is 64.2 Å². The third-order valence-corrected chi connectivity index (χ3v) is 3.62. The Morgan fingerprint density at radius 3 is 2.52 bits per heavy atom. The molecule has 1 N–H and O–H groups in total. The lowest BCUT2D eigenvalue weighted by Gasteiger charge is -2.05. The summed E-state index contributed by atoms with van der Waals surface area (Å²) >= 11 is 5.84. The predicted octanol–water partition coefficient (Wildman–Crippen LogP) is 4.26. The summed E-state index contributed by atoms with van der Waals surface area (Å²) in [4.78, 5) is 12.3. The van der Waals surface area contributed by atoms with E-state index in [-0.39, 0.29) is 11.9 Å². The number of hydrogen-bond acceptors (Lipinski definition) is 4. The van der Waals surface area contributed by atoms with Gasteiger partial charge in [-0.05, 0) is 49.7 Å². The molecular weight excluding hydrogens is 314 g/mol. The second-order valence-corrected chi connectivity index (χ2v) is 5.63. The zero-order valence-electron chi connectivity index (χ0n) is 12.6. The molecular formula is C17H14ClN3O2. The molecule has 3 rings (SSSR count). The van der Waals surface area contributed by atoms with Crippen LogP contribution in [-0.4, -0.2) is 16.1 Å². The number of rotatable bonds is 3. The number of aromatic nitrogens is 2. The number of hydrogen-bond donors (Lipinski definition) is 1. The molecule has 3 aromatic rings. The zero-order chi connectivity index (χ0) is 16.4. The molecule has 0 unspecified atom stereocenters. The standard InChI is InChI=1S/C17H14ClN3O2/c1-10-3-8-14(11(2)9-10)15(22)19-17-21-20-16(23-17)12-4-6-13(18)7-5-12/h3-9H,1-2H3,(H,19,21,22). The first-order chi connectivity index (χ1) is 11.0. The van der Waals surface area contributed by atoms with E-state index < -0.39 is 0 Å². The van der Waals surface area contributed by atoms with E-state index in [1.54, 1.807) is 30.3 Å². The molecule has 0 fully saturated rings. The highest BCUT2D eigenvalue weighted by atomic mass is 35.5. The minimum Gasteiger partial charge on any atom is -0.403 e. The van der Waals surface area contributed by atoms with Crippen LogP contribution in [0, 0.1) is 13.8 Å². The molecule has 0 bridgehead atoms. The Labute approximate surface area is 138 Å². The van der Waals surface area contributed by atoms with E-state index in [9.17, 15) is 4.79 Å². The van der Waals surface area contributed by atoms with Crippen LogP contribution in [0.15, 0.2) is 46.9 Å². The van der Waals surface area contributed by atoms with Gasteiger partial charge in [0.25, 0.3) is 5.91 Å². The fourth-order valence-electron chi connectivity index (χ4n) is 2.22. The van der Waals surface area contributed by atoms with E-state index in [1.165, 1.54) is 0 Å². The molecule has 6 heteroatoms. The second-order valence-electron chi connectivity index (χ2n) is 5.19. The molecule has 5 nitrogen and oxygen atoms in total. The molecule has 1 aromatic heterocycles. The molecule has 23 heavy (non-hydrogen) atoms. The highest BCUT2D eigenvalue weighted by molar-refractivity contribution is 6.30. The fourth-order valence-corrected chi connectivity index (χ4v) is 2.34. The first kappa shape index (κ1) is 15.2. The minimum absolute atomic E-state index is 0.0555. The molecule has 1 amide bonds.